The number of aliphatic carboxylic acids is 1. The van der Waals surface area contributed by atoms with E-state index in [-0.39, 0.29) is 16.1 Å². The van der Waals surface area contributed by atoms with E-state index >= 15 is 0 Å². The van der Waals surface area contributed by atoms with E-state index in [0.717, 1.165) is 50.1 Å². The summed E-state index contributed by atoms with van der Waals surface area (Å²) in [5.74, 6) is -3.48. The molecule has 0 unspecified atom stereocenters. The molecule has 3 N–H and O–H groups in total. The van der Waals surface area contributed by atoms with E-state index in [2.05, 4.69) is 14.6 Å². The molecule has 40 heavy (non-hydrogen) atoms. The topological polar surface area (TPSA) is 140 Å². The highest BCUT2D eigenvalue weighted by Gasteiger charge is 2.38. The Kier molecular flexibility index (Phi) is 10.0. The summed E-state index contributed by atoms with van der Waals surface area (Å²) in [5.41, 5.74) is 1.82. The number of carbonyl (C=O) groups is 2. The number of aryl methyl sites for hydroxylation is 2. The van der Waals surface area contributed by atoms with Gasteiger partial charge in [-0.2, -0.15) is 13.2 Å². The third-order valence-electron chi connectivity index (χ3n) is 6.77. The number of hydrogen-bond donors (Lipinski definition) is 3. The Balaban J connectivity index is 0.000000559. The molecule has 2 aliphatic rings. The van der Waals surface area contributed by atoms with Crippen LogP contribution < -0.4 is 9.62 Å². The predicted octanol–water partition coefficient (Wildman–Crippen LogP) is 4.29. The van der Waals surface area contributed by atoms with E-state index in [1.165, 1.54) is 31.5 Å². The van der Waals surface area contributed by atoms with Crippen LogP contribution in [0.2, 0.25) is 0 Å². The summed E-state index contributed by atoms with van der Waals surface area (Å²) < 4.78 is 59.9. The fourth-order valence-corrected chi connectivity index (χ4v) is 6.17. The maximum absolute atomic E-state index is 12.9. The fourth-order valence-electron chi connectivity index (χ4n) is 4.95. The Labute approximate surface area is 230 Å². The number of benzene rings is 1. The van der Waals surface area contributed by atoms with Gasteiger partial charge in [-0.25, -0.2) is 23.0 Å². The number of carboxylic acid groups (broad SMARTS) is 2. The molecular weight excluding hydrogens is 553 g/mol. The molecule has 2 aromatic rings. The second kappa shape index (κ2) is 12.9. The second-order valence-corrected chi connectivity index (χ2v) is 11.6. The summed E-state index contributed by atoms with van der Waals surface area (Å²) in [6, 6.07) is 6.97. The largest absolute Gasteiger partial charge is 0.490 e. The standard InChI is InChI=1S/C24H32N4O4S.C2HF3O2/c1-17-12-18(2)14-21(13-17)33(31,32)26-19-15-22(24(29)30)23(25-16-19)28-10-6-20(7-11-28)27-8-4-3-5-9-27;3-2(4,5)1(6)7/h12-16,20,26H,3-11H2,1-2H3,(H,29,30);(H,6,7). The molecule has 0 bridgehead atoms. The van der Waals surface area contributed by atoms with Gasteiger partial charge < -0.3 is 20.0 Å². The lowest BCUT2D eigenvalue weighted by molar-refractivity contribution is -0.192. The minimum absolute atomic E-state index is 0.00652. The van der Waals surface area contributed by atoms with Crippen LogP contribution in [0.5, 0.6) is 0 Å². The average Bonchev–Trinajstić information content (AvgIpc) is 2.88. The zero-order valence-electron chi connectivity index (χ0n) is 22.2. The van der Waals surface area contributed by atoms with Crippen molar-refractivity contribution in [2.24, 2.45) is 0 Å². The van der Waals surface area contributed by atoms with Crippen molar-refractivity contribution < 1.29 is 41.4 Å². The number of carboxylic acids is 2. The van der Waals surface area contributed by atoms with Crippen LogP contribution in [0.3, 0.4) is 0 Å². The van der Waals surface area contributed by atoms with Gasteiger partial charge in [0.2, 0.25) is 0 Å². The van der Waals surface area contributed by atoms with Crippen molar-refractivity contribution in [1.82, 2.24) is 9.88 Å². The number of rotatable bonds is 6. The molecule has 3 heterocycles. The summed E-state index contributed by atoms with van der Waals surface area (Å²) in [7, 11) is -3.86. The number of hydrogen-bond acceptors (Lipinski definition) is 7. The second-order valence-electron chi connectivity index (χ2n) is 9.95. The lowest BCUT2D eigenvalue weighted by atomic mass is 9.99. The molecule has 2 aliphatic heterocycles. The van der Waals surface area contributed by atoms with Crippen molar-refractivity contribution in [3.05, 3.63) is 47.2 Å². The first-order valence-corrected chi connectivity index (χ1v) is 14.3. The van der Waals surface area contributed by atoms with Gasteiger partial charge in [-0.05, 0) is 81.9 Å². The predicted molar refractivity (Wildman–Crippen MR) is 142 cm³/mol. The van der Waals surface area contributed by atoms with Gasteiger partial charge in [-0.3, -0.25) is 4.72 Å². The van der Waals surface area contributed by atoms with Crippen LogP contribution in [0, 0.1) is 13.8 Å². The smallest absolute Gasteiger partial charge is 0.478 e. The molecule has 2 saturated heterocycles. The third-order valence-corrected chi connectivity index (χ3v) is 8.13. The molecule has 1 aromatic carbocycles. The first-order chi connectivity index (χ1) is 18.7. The number of aromatic nitrogens is 1. The normalized spacial score (nSPS) is 17.1. The summed E-state index contributed by atoms with van der Waals surface area (Å²) in [6.45, 7) is 7.44. The monoisotopic (exact) mass is 586 g/mol. The highest BCUT2D eigenvalue weighted by atomic mass is 32.2. The number of anilines is 2. The highest BCUT2D eigenvalue weighted by Crippen LogP contribution is 2.28. The molecule has 2 fully saturated rings. The van der Waals surface area contributed by atoms with Crippen molar-refractivity contribution in [2.45, 2.75) is 63.1 Å². The number of likely N-dealkylation sites (tertiary alicyclic amines) is 1. The van der Waals surface area contributed by atoms with Gasteiger partial charge in [-0.15, -0.1) is 0 Å². The number of sulfonamides is 1. The molecule has 220 valence electrons. The van der Waals surface area contributed by atoms with E-state index in [1.54, 1.807) is 12.1 Å². The van der Waals surface area contributed by atoms with Crippen LogP contribution in [-0.2, 0) is 14.8 Å². The molecule has 0 amide bonds. The number of nitrogens with one attached hydrogen (secondary N) is 1. The molecule has 4 rings (SSSR count). The van der Waals surface area contributed by atoms with Crippen molar-refractivity contribution in [2.75, 3.05) is 35.8 Å². The summed E-state index contributed by atoms with van der Waals surface area (Å²) in [5, 5.41) is 16.9. The lowest BCUT2D eigenvalue weighted by Gasteiger charge is -2.40. The van der Waals surface area contributed by atoms with Crippen LogP contribution in [0.4, 0.5) is 24.7 Å². The first-order valence-electron chi connectivity index (χ1n) is 12.8. The molecule has 10 nitrogen and oxygen atoms in total. The van der Waals surface area contributed by atoms with E-state index < -0.39 is 28.1 Å². The van der Waals surface area contributed by atoms with Crippen molar-refractivity contribution in [3.8, 4) is 0 Å². The number of halogens is 3. The highest BCUT2D eigenvalue weighted by molar-refractivity contribution is 7.92. The van der Waals surface area contributed by atoms with E-state index in [0.29, 0.717) is 11.9 Å². The molecule has 0 spiro atoms. The van der Waals surface area contributed by atoms with Crippen LogP contribution in [0.15, 0.2) is 35.4 Å². The van der Waals surface area contributed by atoms with E-state index in [4.69, 9.17) is 9.90 Å². The van der Waals surface area contributed by atoms with Crippen molar-refractivity contribution in [1.29, 1.82) is 0 Å². The van der Waals surface area contributed by atoms with E-state index in [9.17, 15) is 31.5 Å². The number of pyridine rings is 1. The van der Waals surface area contributed by atoms with Gasteiger partial charge in [0.05, 0.1) is 16.8 Å². The lowest BCUT2D eigenvalue weighted by Crippen LogP contribution is -2.47. The van der Waals surface area contributed by atoms with Crippen molar-refractivity contribution in [3.63, 3.8) is 0 Å². The molecule has 0 aliphatic carbocycles. The number of aromatic carboxylic acids is 1. The van der Waals surface area contributed by atoms with Crippen LogP contribution >= 0.6 is 0 Å². The first kappa shape index (κ1) is 31.1. The number of piperidine rings is 2. The molecular formula is C26H33F3N4O6S. The average molecular weight is 587 g/mol. The zero-order valence-corrected chi connectivity index (χ0v) is 23.1. The third kappa shape index (κ3) is 8.31. The van der Waals surface area contributed by atoms with Gasteiger partial charge in [0, 0.05) is 19.1 Å². The van der Waals surface area contributed by atoms with Crippen molar-refractivity contribution >= 4 is 33.5 Å². The Morgan fingerprint density at radius 1 is 0.950 bits per heavy atom. The van der Waals surface area contributed by atoms with Gasteiger partial charge in [0.15, 0.2) is 0 Å². The minimum Gasteiger partial charge on any atom is -0.478 e. The summed E-state index contributed by atoms with van der Waals surface area (Å²) in [4.78, 5) is 30.0. The number of alkyl halides is 3. The quantitative estimate of drug-likeness (QED) is 0.452. The molecule has 14 heteroatoms. The SMILES string of the molecule is Cc1cc(C)cc(S(=O)(=O)Nc2cnc(N3CCC(N4CCCCC4)CC3)c(C(=O)O)c2)c1.O=C(O)C(F)(F)F. The van der Waals surface area contributed by atoms with Gasteiger partial charge in [0.1, 0.15) is 11.4 Å². The Morgan fingerprint density at radius 3 is 2.00 bits per heavy atom. The minimum atomic E-state index is -5.08. The molecule has 0 radical (unpaired) electrons. The van der Waals surface area contributed by atoms with Gasteiger partial charge in [-0.1, -0.05) is 12.5 Å². The van der Waals surface area contributed by atoms with Crippen LogP contribution in [-0.4, -0.2) is 78.9 Å². The molecule has 1 aromatic heterocycles. The Hall–Kier alpha value is -3.39. The van der Waals surface area contributed by atoms with E-state index in [1.807, 2.05) is 24.8 Å². The van der Waals surface area contributed by atoms with Crippen LogP contribution in [0.1, 0.15) is 53.6 Å². The fraction of sp³-hybridized carbons (Fsp3) is 0.500. The zero-order chi connectivity index (χ0) is 29.7. The molecule has 0 atom stereocenters. The Morgan fingerprint density at radius 2 is 1.50 bits per heavy atom. The van der Waals surface area contributed by atoms with Crippen LogP contribution in [0.25, 0.3) is 0 Å². The maximum Gasteiger partial charge on any atom is 0.490 e. The van der Waals surface area contributed by atoms with Gasteiger partial charge >= 0.3 is 18.1 Å². The van der Waals surface area contributed by atoms with Gasteiger partial charge in [0.25, 0.3) is 10.0 Å². The Bertz CT molecular complexity index is 1300. The summed E-state index contributed by atoms with van der Waals surface area (Å²) >= 11 is 0. The summed E-state index contributed by atoms with van der Waals surface area (Å²) in [6.07, 6.45) is 2.08. The number of nitrogens with zero attached hydrogens (tertiary/aromatic N) is 3. The maximum atomic E-state index is 12.9. The molecule has 0 saturated carbocycles.